The van der Waals surface area contributed by atoms with Crippen LogP contribution in [0.3, 0.4) is 0 Å². The molecular formula is C22H20ClFN4O2. The number of carbonyl (C=O) groups is 1. The molecule has 0 aliphatic carbocycles. The lowest BCUT2D eigenvalue weighted by atomic mass is 9.94. The number of allylic oxidation sites excluding steroid dienone is 1. The molecular weight excluding hydrogens is 407 g/mol. The number of urea groups is 1. The molecule has 0 saturated heterocycles. The topological polar surface area (TPSA) is 71.3 Å². The maximum absolute atomic E-state index is 13.9. The van der Waals surface area contributed by atoms with Gasteiger partial charge in [-0.15, -0.1) is 0 Å². The maximum Gasteiger partial charge on any atom is 0.322 e. The molecule has 1 atom stereocenters. The smallest absolute Gasteiger partial charge is 0.322 e. The Labute approximate surface area is 178 Å². The SMILES string of the molecule is CCCN1C(=O)NC(c2cccc(F)c2)C(c2nc(-c3cccc(Cl)c3)no2)=C1C. The van der Waals surface area contributed by atoms with Crippen LogP contribution in [0.1, 0.15) is 37.8 Å². The lowest BCUT2D eigenvalue weighted by Gasteiger charge is -2.35. The van der Waals surface area contributed by atoms with Crippen LogP contribution in [-0.4, -0.2) is 27.6 Å². The number of aromatic nitrogens is 2. The largest absolute Gasteiger partial charge is 0.334 e. The third kappa shape index (κ3) is 3.80. The summed E-state index contributed by atoms with van der Waals surface area (Å²) in [6, 6.07) is 12.4. The van der Waals surface area contributed by atoms with E-state index < -0.39 is 6.04 Å². The van der Waals surface area contributed by atoms with Crippen LogP contribution in [0.5, 0.6) is 0 Å². The molecule has 1 aliphatic heterocycles. The van der Waals surface area contributed by atoms with E-state index in [9.17, 15) is 9.18 Å². The Kier molecular flexibility index (Phi) is 5.55. The number of carbonyl (C=O) groups excluding carboxylic acids is 1. The van der Waals surface area contributed by atoms with Crippen molar-refractivity contribution >= 4 is 23.2 Å². The monoisotopic (exact) mass is 426 g/mol. The fourth-order valence-corrected chi connectivity index (χ4v) is 3.76. The van der Waals surface area contributed by atoms with Gasteiger partial charge in [-0.05, 0) is 43.2 Å². The number of amides is 2. The van der Waals surface area contributed by atoms with Crippen molar-refractivity contribution in [1.29, 1.82) is 0 Å². The zero-order chi connectivity index (χ0) is 21.3. The summed E-state index contributed by atoms with van der Waals surface area (Å²) in [5.74, 6) is 0.252. The minimum atomic E-state index is -0.617. The van der Waals surface area contributed by atoms with Gasteiger partial charge in [0, 0.05) is 22.8 Å². The Bertz CT molecular complexity index is 1130. The van der Waals surface area contributed by atoms with Crippen LogP contribution in [0, 0.1) is 5.82 Å². The van der Waals surface area contributed by atoms with Gasteiger partial charge in [0.1, 0.15) is 5.82 Å². The van der Waals surface area contributed by atoms with Gasteiger partial charge in [0.15, 0.2) is 0 Å². The molecule has 2 heterocycles. The van der Waals surface area contributed by atoms with Gasteiger partial charge < -0.3 is 9.84 Å². The van der Waals surface area contributed by atoms with Crippen LogP contribution in [0.4, 0.5) is 9.18 Å². The van der Waals surface area contributed by atoms with E-state index >= 15 is 0 Å². The van der Waals surface area contributed by atoms with Crippen molar-refractivity contribution in [3.8, 4) is 11.4 Å². The zero-order valence-electron chi connectivity index (χ0n) is 16.5. The summed E-state index contributed by atoms with van der Waals surface area (Å²) in [5.41, 5.74) is 2.63. The summed E-state index contributed by atoms with van der Waals surface area (Å²) in [7, 11) is 0. The molecule has 4 rings (SSSR count). The number of hydrogen-bond donors (Lipinski definition) is 1. The molecule has 0 radical (unpaired) electrons. The number of hydrogen-bond acceptors (Lipinski definition) is 4. The molecule has 0 spiro atoms. The highest BCUT2D eigenvalue weighted by Crippen LogP contribution is 2.37. The molecule has 3 aromatic rings. The van der Waals surface area contributed by atoms with Gasteiger partial charge in [0.2, 0.25) is 5.82 Å². The summed E-state index contributed by atoms with van der Waals surface area (Å²) in [4.78, 5) is 18.9. The summed E-state index contributed by atoms with van der Waals surface area (Å²) < 4.78 is 19.5. The molecule has 0 bridgehead atoms. The van der Waals surface area contributed by atoms with Crippen LogP contribution in [0.25, 0.3) is 17.0 Å². The third-order valence-electron chi connectivity index (χ3n) is 4.96. The van der Waals surface area contributed by atoms with Gasteiger partial charge in [-0.2, -0.15) is 4.98 Å². The van der Waals surface area contributed by atoms with Crippen molar-refractivity contribution in [2.45, 2.75) is 26.3 Å². The standard InChI is InChI=1S/C22H20ClFN4O2/c1-3-10-28-13(2)18(19(25-22(28)29)14-6-5-9-17(24)12-14)21-26-20(27-30-21)15-7-4-8-16(23)11-15/h4-9,11-12,19H,3,10H2,1-2H3,(H,25,29). The second-order valence-electron chi connectivity index (χ2n) is 7.02. The number of benzene rings is 2. The first-order valence-corrected chi connectivity index (χ1v) is 10.00. The molecule has 1 aliphatic rings. The second-order valence-corrected chi connectivity index (χ2v) is 7.46. The van der Waals surface area contributed by atoms with Gasteiger partial charge >= 0.3 is 6.03 Å². The molecule has 1 unspecified atom stereocenters. The lowest BCUT2D eigenvalue weighted by Crippen LogP contribution is -2.46. The highest BCUT2D eigenvalue weighted by Gasteiger charge is 2.35. The minimum absolute atomic E-state index is 0.248. The van der Waals surface area contributed by atoms with Gasteiger partial charge in [0.25, 0.3) is 5.89 Å². The molecule has 1 N–H and O–H groups in total. The van der Waals surface area contributed by atoms with E-state index in [4.69, 9.17) is 16.1 Å². The number of rotatable bonds is 5. The molecule has 8 heteroatoms. The Balaban J connectivity index is 1.82. The molecule has 2 aromatic carbocycles. The number of nitrogens with zero attached hydrogens (tertiary/aromatic N) is 3. The van der Waals surface area contributed by atoms with Crippen LogP contribution in [0.15, 0.2) is 58.8 Å². The number of halogens is 2. The summed E-state index contributed by atoms with van der Waals surface area (Å²) in [6.45, 7) is 4.36. The van der Waals surface area contributed by atoms with E-state index in [1.54, 1.807) is 35.2 Å². The summed E-state index contributed by atoms with van der Waals surface area (Å²) in [5, 5.41) is 7.60. The normalized spacial score (nSPS) is 16.7. The summed E-state index contributed by atoms with van der Waals surface area (Å²) in [6.07, 6.45) is 0.778. The zero-order valence-corrected chi connectivity index (χ0v) is 17.3. The molecule has 6 nitrogen and oxygen atoms in total. The number of nitrogens with one attached hydrogen (secondary N) is 1. The van der Waals surface area contributed by atoms with Gasteiger partial charge in [-0.25, -0.2) is 9.18 Å². The van der Waals surface area contributed by atoms with Crippen LogP contribution < -0.4 is 5.32 Å². The average Bonchev–Trinajstić information content (AvgIpc) is 3.20. The van der Waals surface area contributed by atoms with Crippen molar-refractivity contribution < 1.29 is 13.7 Å². The van der Waals surface area contributed by atoms with E-state index in [-0.39, 0.29) is 17.7 Å². The van der Waals surface area contributed by atoms with E-state index in [2.05, 4.69) is 15.5 Å². The highest BCUT2D eigenvalue weighted by molar-refractivity contribution is 6.30. The first kappa shape index (κ1) is 20.1. The van der Waals surface area contributed by atoms with Crippen LogP contribution >= 0.6 is 11.6 Å². The van der Waals surface area contributed by atoms with Crippen molar-refractivity contribution in [2.75, 3.05) is 6.54 Å². The van der Waals surface area contributed by atoms with Crippen LogP contribution in [0.2, 0.25) is 5.02 Å². The molecule has 30 heavy (non-hydrogen) atoms. The fourth-order valence-electron chi connectivity index (χ4n) is 3.57. The molecule has 2 amide bonds. The Morgan fingerprint density at radius 1 is 1.23 bits per heavy atom. The maximum atomic E-state index is 13.9. The van der Waals surface area contributed by atoms with Gasteiger partial charge in [-0.1, -0.05) is 47.9 Å². The minimum Gasteiger partial charge on any atom is -0.334 e. The molecule has 1 aromatic heterocycles. The highest BCUT2D eigenvalue weighted by atomic mass is 35.5. The first-order valence-electron chi connectivity index (χ1n) is 9.62. The Hall–Kier alpha value is -3.19. The van der Waals surface area contributed by atoms with E-state index in [1.807, 2.05) is 19.9 Å². The van der Waals surface area contributed by atoms with E-state index in [1.165, 1.54) is 12.1 Å². The Morgan fingerprint density at radius 2 is 2.03 bits per heavy atom. The van der Waals surface area contributed by atoms with Crippen molar-refractivity contribution in [3.63, 3.8) is 0 Å². The Morgan fingerprint density at radius 3 is 2.77 bits per heavy atom. The third-order valence-corrected chi connectivity index (χ3v) is 5.20. The molecule has 154 valence electrons. The molecule has 0 fully saturated rings. The lowest BCUT2D eigenvalue weighted by molar-refractivity contribution is 0.205. The fraction of sp³-hybridized carbons (Fsp3) is 0.227. The second kappa shape index (κ2) is 8.28. The van der Waals surface area contributed by atoms with Crippen molar-refractivity contribution in [2.24, 2.45) is 0 Å². The van der Waals surface area contributed by atoms with E-state index in [0.29, 0.717) is 39.8 Å². The van der Waals surface area contributed by atoms with E-state index in [0.717, 1.165) is 6.42 Å². The van der Waals surface area contributed by atoms with Crippen molar-refractivity contribution in [1.82, 2.24) is 20.4 Å². The average molecular weight is 427 g/mol. The van der Waals surface area contributed by atoms with Crippen molar-refractivity contribution in [3.05, 3.63) is 76.5 Å². The summed E-state index contributed by atoms with van der Waals surface area (Å²) >= 11 is 6.08. The predicted molar refractivity (Wildman–Crippen MR) is 112 cm³/mol. The molecule has 0 saturated carbocycles. The first-order chi connectivity index (χ1) is 14.5. The predicted octanol–water partition coefficient (Wildman–Crippen LogP) is 5.44. The van der Waals surface area contributed by atoms with Gasteiger partial charge in [-0.3, -0.25) is 4.90 Å². The van der Waals surface area contributed by atoms with Gasteiger partial charge in [0.05, 0.1) is 11.6 Å². The quantitative estimate of drug-likeness (QED) is 0.590. The van der Waals surface area contributed by atoms with Crippen LogP contribution in [-0.2, 0) is 0 Å².